The van der Waals surface area contributed by atoms with Gasteiger partial charge in [0.25, 0.3) is 0 Å². The number of rotatable bonds is 8. The molecule has 0 bridgehead atoms. The Hall–Kier alpha value is -8.86. The summed E-state index contributed by atoms with van der Waals surface area (Å²) in [6, 6.07) is 82.9. The van der Waals surface area contributed by atoms with Crippen LogP contribution in [0.3, 0.4) is 0 Å². The Balaban J connectivity index is 1.15. The largest absolute Gasteiger partial charge is 0.507 e. The first kappa shape index (κ1) is 38.8. The Labute approximate surface area is 383 Å². The summed E-state index contributed by atoms with van der Waals surface area (Å²) in [6.07, 6.45) is 2.14. The fourth-order valence-electron chi connectivity index (χ4n) is 9.65. The van der Waals surface area contributed by atoms with Crippen LogP contribution >= 0.6 is 0 Å². The summed E-state index contributed by atoms with van der Waals surface area (Å²) in [4.78, 5) is 10.9. The van der Waals surface area contributed by atoms with Gasteiger partial charge in [0.15, 0.2) is 0 Å². The normalized spacial score (nSPS) is 11.4. The molecule has 0 spiro atoms. The van der Waals surface area contributed by atoms with E-state index in [1.54, 1.807) is 6.07 Å². The Kier molecular flexibility index (Phi) is 9.62. The maximum atomic E-state index is 11.2. The van der Waals surface area contributed by atoms with Gasteiger partial charge in [-0.25, -0.2) is 9.97 Å². The molecular formula is C62H41N3O. The molecule has 12 rings (SSSR count). The third kappa shape index (κ3) is 6.80. The predicted molar refractivity (Wildman–Crippen MR) is 274 cm³/mol. The van der Waals surface area contributed by atoms with Crippen LogP contribution in [-0.4, -0.2) is 19.6 Å². The Bertz CT molecular complexity index is 3630. The molecule has 66 heavy (non-hydrogen) atoms. The van der Waals surface area contributed by atoms with Gasteiger partial charge in [0, 0.05) is 33.7 Å². The van der Waals surface area contributed by atoms with Crippen molar-refractivity contribution in [3.8, 4) is 89.8 Å². The molecule has 10 aromatic carbocycles. The zero-order valence-electron chi connectivity index (χ0n) is 35.9. The van der Waals surface area contributed by atoms with Gasteiger partial charge in [-0.2, -0.15) is 0 Å². The van der Waals surface area contributed by atoms with Gasteiger partial charge in [-0.15, -0.1) is 0 Å². The molecule has 0 saturated heterocycles. The van der Waals surface area contributed by atoms with Gasteiger partial charge in [0.1, 0.15) is 17.3 Å². The van der Waals surface area contributed by atoms with Crippen molar-refractivity contribution in [3.63, 3.8) is 0 Å². The summed E-state index contributed by atoms with van der Waals surface area (Å²) >= 11 is 0. The highest BCUT2D eigenvalue weighted by molar-refractivity contribution is 6.09. The minimum atomic E-state index is 0.203. The third-order valence-electron chi connectivity index (χ3n) is 12.7. The van der Waals surface area contributed by atoms with E-state index in [0.29, 0.717) is 5.69 Å². The fourth-order valence-corrected chi connectivity index (χ4v) is 9.65. The number of hydrogen-bond donors (Lipinski definition) is 1. The van der Waals surface area contributed by atoms with Crippen molar-refractivity contribution in [2.24, 2.45) is 0 Å². The molecule has 0 aliphatic heterocycles. The summed E-state index contributed by atoms with van der Waals surface area (Å²) < 4.78 is 2.28. The van der Waals surface area contributed by atoms with Crippen LogP contribution in [-0.2, 0) is 0 Å². The number of pyridine rings is 1. The van der Waals surface area contributed by atoms with E-state index in [4.69, 9.17) is 9.97 Å². The minimum Gasteiger partial charge on any atom is -0.507 e. The summed E-state index contributed by atoms with van der Waals surface area (Å²) in [7, 11) is 0. The number of imidazole rings is 1. The lowest BCUT2D eigenvalue weighted by Gasteiger charge is -2.20. The smallest absolute Gasteiger partial charge is 0.145 e. The van der Waals surface area contributed by atoms with Crippen LogP contribution in [0, 0.1) is 0 Å². The number of phenols is 1. The third-order valence-corrected chi connectivity index (χ3v) is 12.7. The fraction of sp³-hybridized carbons (Fsp3) is 0. The number of fused-ring (bicyclic) bond motifs is 4. The molecule has 4 heteroatoms. The van der Waals surface area contributed by atoms with Crippen molar-refractivity contribution in [1.29, 1.82) is 0 Å². The van der Waals surface area contributed by atoms with Gasteiger partial charge in [-0.1, -0.05) is 218 Å². The number of para-hydroxylation sites is 1. The highest BCUT2D eigenvalue weighted by Gasteiger charge is 2.23. The molecule has 0 aliphatic carbocycles. The maximum Gasteiger partial charge on any atom is 0.145 e. The monoisotopic (exact) mass is 843 g/mol. The van der Waals surface area contributed by atoms with Crippen LogP contribution in [0.1, 0.15) is 0 Å². The van der Waals surface area contributed by atoms with E-state index in [1.807, 2.05) is 24.3 Å². The average molecular weight is 844 g/mol. The molecule has 0 unspecified atom stereocenters. The second-order valence-corrected chi connectivity index (χ2v) is 16.7. The van der Waals surface area contributed by atoms with Gasteiger partial charge < -0.3 is 5.11 Å². The summed E-state index contributed by atoms with van der Waals surface area (Å²) in [5.74, 6) is 0.990. The summed E-state index contributed by atoms with van der Waals surface area (Å²) in [5.41, 5.74) is 15.5. The summed E-state index contributed by atoms with van der Waals surface area (Å²) in [6.45, 7) is 0. The van der Waals surface area contributed by atoms with E-state index in [0.717, 1.165) is 94.2 Å². The standard InChI is InChI=1S/C62H41N3O/c66-57-32-14-26-46-34-35-47-37-38-55(63-60(47)59(46)57)56-40-65(61-51(43-21-9-3-10-22-43)29-16-30-52(61)44-23-11-4-12-24-44)62(64-56)53-31-13-25-45-33-36-48(39-54(45)53)58-49(41-17-5-1-6-18-41)27-15-28-50(58)42-19-7-2-8-20-42/h1-40,66H. The van der Waals surface area contributed by atoms with Crippen molar-refractivity contribution in [2.45, 2.75) is 0 Å². The number of aromatic nitrogens is 3. The molecule has 0 saturated carbocycles. The average Bonchev–Trinajstić information content (AvgIpc) is 3.83. The zero-order valence-corrected chi connectivity index (χ0v) is 35.9. The SMILES string of the molecule is Oc1cccc2ccc3ccc(-c4cn(-c5c(-c6ccccc6)cccc5-c5ccccc5)c(-c5cccc6ccc(-c7c(-c8ccccc8)cccc7-c7ccccc7)cc56)n4)nc3c12. The number of benzene rings is 10. The zero-order chi connectivity index (χ0) is 44.0. The van der Waals surface area contributed by atoms with Gasteiger partial charge in [-0.3, -0.25) is 4.57 Å². The maximum absolute atomic E-state index is 11.2. The van der Waals surface area contributed by atoms with Crippen LogP contribution in [0.25, 0.3) is 117 Å². The van der Waals surface area contributed by atoms with Crippen LogP contribution in [0.5, 0.6) is 5.75 Å². The lowest BCUT2D eigenvalue weighted by atomic mass is 9.86. The molecule has 1 N–H and O–H groups in total. The van der Waals surface area contributed by atoms with Crippen molar-refractivity contribution in [3.05, 3.63) is 243 Å². The topological polar surface area (TPSA) is 50.9 Å². The number of phenolic OH excluding ortho intramolecular Hbond substituents is 1. The summed E-state index contributed by atoms with van der Waals surface area (Å²) in [5, 5.41) is 16.0. The Morgan fingerprint density at radius 1 is 0.348 bits per heavy atom. The molecule has 2 heterocycles. The molecule has 4 nitrogen and oxygen atoms in total. The van der Waals surface area contributed by atoms with E-state index < -0.39 is 0 Å². The lowest BCUT2D eigenvalue weighted by molar-refractivity contribution is 0.482. The first-order chi connectivity index (χ1) is 32.7. The molecule has 0 amide bonds. The van der Waals surface area contributed by atoms with E-state index >= 15 is 0 Å². The molecule has 0 atom stereocenters. The van der Waals surface area contributed by atoms with Crippen LogP contribution < -0.4 is 0 Å². The van der Waals surface area contributed by atoms with Crippen molar-refractivity contribution < 1.29 is 5.11 Å². The molecule has 2 aromatic heterocycles. The molecule has 0 fully saturated rings. The second kappa shape index (κ2) is 16.4. The van der Waals surface area contributed by atoms with Crippen LogP contribution in [0.2, 0.25) is 0 Å². The number of nitrogens with zero attached hydrogens (tertiary/aromatic N) is 3. The molecule has 0 radical (unpaired) electrons. The van der Waals surface area contributed by atoms with Crippen molar-refractivity contribution >= 4 is 32.4 Å². The van der Waals surface area contributed by atoms with E-state index in [9.17, 15) is 5.11 Å². The van der Waals surface area contributed by atoms with E-state index in [1.165, 1.54) is 16.7 Å². The molecular weight excluding hydrogens is 803 g/mol. The van der Waals surface area contributed by atoms with Gasteiger partial charge >= 0.3 is 0 Å². The first-order valence-corrected chi connectivity index (χ1v) is 22.3. The predicted octanol–water partition coefficient (Wildman–Crippen LogP) is 16.1. The number of aromatic hydroxyl groups is 1. The quantitative estimate of drug-likeness (QED) is 0.155. The van der Waals surface area contributed by atoms with Gasteiger partial charge in [0.05, 0.1) is 16.9 Å². The van der Waals surface area contributed by atoms with Crippen LogP contribution in [0.15, 0.2) is 243 Å². The Morgan fingerprint density at radius 2 is 0.833 bits per heavy atom. The number of hydrogen-bond acceptors (Lipinski definition) is 3. The van der Waals surface area contributed by atoms with Crippen molar-refractivity contribution in [2.75, 3.05) is 0 Å². The van der Waals surface area contributed by atoms with Gasteiger partial charge in [0.2, 0.25) is 0 Å². The lowest BCUT2D eigenvalue weighted by Crippen LogP contribution is -2.02. The van der Waals surface area contributed by atoms with E-state index in [-0.39, 0.29) is 5.75 Å². The Morgan fingerprint density at radius 3 is 1.45 bits per heavy atom. The minimum absolute atomic E-state index is 0.203. The van der Waals surface area contributed by atoms with Crippen LogP contribution in [0.4, 0.5) is 0 Å². The van der Waals surface area contributed by atoms with Gasteiger partial charge in [-0.05, 0) is 78.9 Å². The molecule has 12 aromatic rings. The highest BCUT2D eigenvalue weighted by Crippen LogP contribution is 2.44. The first-order valence-electron chi connectivity index (χ1n) is 22.3. The van der Waals surface area contributed by atoms with Crippen molar-refractivity contribution in [1.82, 2.24) is 14.5 Å². The second-order valence-electron chi connectivity index (χ2n) is 16.7. The molecule has 0 aliphatic rings. The highest BCUT2D eigenvalue weighted by atomic mass is 16.3. The van der Waals surface area contributed by atoms with E-state index in [2.05, 4.69) is 217 Å². The molecule has 310 valence electrons.